The van der Waals surface area contributed by atoms with E-state index in [-0.39, 0.29) is 11.9 Å². The van der Waals surface area contributed by atoms with Crippen LogP contribution >= 0.6 is 0 Å². The van der Waals surface area contributed by atoms with Crippen LogP contribution in [0.1, 0.15) is 26.2 Å². The molecule has 0 saturated carbocycles. The fraction of sp³-hybridized carbons (Fsp3) is 0.909. The van der Waals surface area contributed by atoms with Crippen molar-refractivity contribution in [1.29, 1.82) is 0 Å². The van der Waals surface area contributed by atoms with Crippen LogP contribution in [0, 0.1) is 0 Å². The van der Waals surface area contributed by atoms with Gasteiger partial charge in [-0.15, -0.1) is 0 Å². The Kier molecular flexibility index (Phi) is 10.4. The van der Waals surface area contributed by atoms with Gasteiger partial charge in [0.1, 0.15) is 0 Å². The molecule has 16 heavy (non-hydrogen) atoms. The zero-order valence-corrected chi connectivity index (χ0v) is 10.3. The number of carbonyl (C=O) groups is 1. The Balaban J connectivity index is 3.29. The Morgan fingerprint density at radius 1 is 1.44 bits per heavy atom. The van der Waals surface area contributed by atoms with Crippen LogP contribution < -0.4 is 11.1 Å². The lowest BCUT2D eigenvalue weighted by molar-refractivity contribution is -0.122. The fourth-order valence-electron chi connectivity index (χ4n) is 1.19. The van der Waals surface area contributed by atoms with Gasteiger partial charge in [0.05, 0.1) is 13.2 Å². The summed E-state index contributed by atoms with van der Waals surface area (Å²) in [4.78, 5) is 11.3. The monoisotopic (exact) mass is 232 g/mol. The normalized spacial score (nSPS) is 12.4. The zero-order chi connectivity index (χ0) is 12.2. The predicted octanol–water partition coefficient (Wildman–Crippen LogP) is 0.283. The lowest BCUT2D eigenvalue weighted by atomic mass is 10.2. The van der Waals surface area contributed by atoms with Crippen molar-refractivity contribution >= 4 is 5.91 Å². The van der Waals surface area contributed by atoms with Gasteiger partial charge in [-0.3, -0.25) is 4.79 Å². The molecule has 0 spiro atoms. The molecular formula is C11H24N2O3. The molecule has 5 heteroatoms. The van der Waals surface area contributed by atoms with E-state index in [1.807, 2.05) is 6.92 Å². The number of ether oxygens (including phenoxy) is 2. The molecule has 0 rings (SSSR count). The summed E-state index contributed by atoms with van der Waals surface area (Å²) in [7, 11) is 1.61. The van der Waals surface area contributed by atoms with Gasteiger partial charge in [0, 0.05) is 32.7 Å². The summed E-state index contributed by atoms with van der Waals surface area (Å²) in [6, 6.07) is -0.0124. The molecule has 96 valence electrons. The number of hydrogen-bond donors (Lipinski definition) is 2. The van der Waals surface area contributed by atoms with Gasteiger partial charge in [-0.05, 0) is 12.8 Å². The molecule has 0 aromatic carbocycles. The molecule has 0 saturated heterocycles. The van der Waals surface area contributed by atoms with Crippen molar-refractivity contribution in [2.45, 2.75) is 32.2 Å². The van der Waals surface area contributed by atoms with E-state index in [1.54, 1.807) is 7.11 Å². The quantitative estimate of drug-likeness (QED) is 0.531. The first-order valence-corrected chi connectivity index (χ1v) is 5.79. The van der Waals surface area contributed by atoms with Crippen LogP contribution in [0.2, 0.25) is 0 Å². The molecule has 5 nitrogen and oxygen atoms in total. The van der Waals surface area contributed by atoms with Gasteiger partial charge in [0.25, 0.3) is 0 Å². The zero-order valence-electron chi connectivity index (χ0n) is 10.3. The Hall–Kier alpha value is -0.650. The molecule has 1 atom stereocenters. The summed E-state index contributed by atoms with van der Waals surface area (Å²) < 4.78 is 10.1. The standard InChI is InChI=1S/C11H24N2O3/c1-3-7-16-8-5-11(14)13-6-4-10(12)9-15-2/h10H,3-9,12H2,1-2H3,(H,13,14). The molecule has 0 bridgehead atoms. The predicted molar refractivity (Wildman–Crippen MR) is 63.2 cm³/mol. The van der Waals surface area contributed by atoms with Crippen LogP contribution in [0.4, 0.5) is 0 Å². The number of methoxy groups -OCH3 is 1. The van der Waals surface area contributed by atoms with Crippen LogP contribution in [-0.2, 0) is 14.3 Å². The summed E-state index contributed by atoms with van der Waals surface area (Å²) in [6.45, 7) is 4.36. The van der Waals surface area contributed by atoms with E-state index >= 15 is 0 Å². The summed E-state index contributed by atoms with van der Waals surface area (Å²) >= 11 is 0. The van der Waals surface area contributed by atoms with Crippen LogP contribution in [0.3, 0.4) is 0 Å². The minimum Gasteiger partial charge on any atom is -0.383 e. The van der Waals surface area contributed by atoms with Gasteiger partial charge >= 0.3 is 0 Å². The van der Waals surface area contributed by atoms with E-state index in [0.29, 0.717) is 32.8 Å². The van der Waals surface area contributed by atoms with Crippen LogP contribution in [0.25, 0.3) is 0 Å². The van der Waals surface area contributed by atoms with Gasteiger partial charge in [-0.1, -0.05) is 6.92 Å². The molecule has 0 fully saturated rings. The highest BCUT2D eigenvalue weighted by atomic mass is 16.5. The summed E-state index contributed by atoms with van der Waals surface area (Å²) in [5.41, 5.74) is 5.71. The van der Waals surface area contributed by atoms with Crippen molar-refractivity contribution in [2.24, 2.45) is 5.73 Å². The van der Waals surface area contributed by atoms with E-state index in [9.17, 15) is 4.79 Å². The van der Waals surface area contributed by atoms with Crippen molar-refractivity contribution in [1.82, 2.24) is 5.32 Å². The second-order valence-corrected chi connectivity index (χ2v) is 3.72. The topological polar surface area (TPSA) is 73.6 Å². The third kappa shape index (κ3) is 9.89. The van der Waals surface area contributed by atoms with E-state index < -0.39 is 0 Å². The maximum Gasteiger partial charge on any atom is 0.222 e. The van der Waals surface area contributed by atoms with E-state index in [4.69, 9.17) is 15.2 Å². The van der Waals surface area contributed by atoms with Gasteiger partial charge < -0.3 is 20.5 Å². The third-order valence-corrected chi connectivity index (χ3v) is 2.04. The second kappa shape index (κ2) is 10.9. The first-order valence-electron chi connectivity index (χ1n) is 5.79. The van der Waals surface area contributed by atoms with Gasteiger partial charge in [0.15, 0.2) is 0 Å². The van der Waals surface area contributed by atoms with Crippen LogP contribution in [0.5, 0.6) is 0 Å². The fourth-order valence-corrected chi connectivity index (χ4v) is 1.19. The third-order valence-electron chi connectivity index (χ3n) is 2.04. The number of amides is 1. The van der Waals surface area contributed by atoms with Crippen molar-refractivity contribution in [3.8, 4) is 0 Å². The number of hydrogen-bond acceptors (Lipinski definition) is 4. The first kappa shape index (κ1) is 15.3. The van der Waals surface area contributed by atoms with Crippen molar-refractivity contribution in [2.75, 3.05) is 33.5 Å². The highest BCUT2D eigenvalue weighted by molar-refractivity contribution is 5.75. The Morgan fingerprint density at radius 3 is 2.81 bits per heavy atom. The Morgan fingerprint density at radius 2 is 2.19 bits per heavy atom. The van der Waals surface area contributed by atoms with Crippen LogP contribution in [-0.4, -0.2) is 45.4 Å². The van der Waals surface area contributed by atoms with Crippen molar-refractivity contribution in [3.05, 3.63) is 0 Å². The Labute approximate surface area is 97.7 Å². The van der Waals surface area contributed by atoms with Crippen LogP contribution in [0.15, 0.2) is 0 Å². The molecule has 0 aliphatic rings. The van der Waals surface area contributed by atoms with Gasteiger partial charge in [-0.25, -0.2) is 0 Å². The lowest BCUT2D eigenvalue weighted by Crippen LogP contribution is -2.33. The molecule has 0 aromatic rings. The van der Waals surface area contributed by atoms with Gasteiger partial charge in [0.2, 0.25) is 5.91 Å². The van der Waals surface area contributed by atoms with Gasteiger partial charge in [-0.2, -0.15) is 0 Å². The highest BCUT2D eigenvalue weighted by Crippen LogP contribution is 1.89. The molecular weight excluding hydrogens is 208 g/mol. The average Bonchev–Trinajstić information content (AvgIpc) is 2.25. The second-order valence-electron chi connectivity index (χ2n) is 3.72. The largest absolute Gasteiger partial charge is 0.383 e. The summed E-state index contributed by atoms with van der Waals surface area (Å²) in [6.07, 6.45) is 2.13. The van der Waals surface area contributed by atoms with Crippen molar-refractivity contribution < 1.29 is 14.3 Å². The molecule has 3 N–H and O–H groups in total. The molecule has 1 amide bonds. The molecule has 0 aromatic heterocycles. The average molecular weight is 232 g/mol. The maximum absolute atomic E-state index is 11.3. The smallest absolute Gasteiger partial charge is 0.222 e. The minimum absolute atomic E-state index is 0.0124. The number of rotatable bonds is 10. The van der Waals surface area contributed by atoms with Crippen molar-refractivity contribution in [3.63, 3.8) is 0 Å². The lowest BCUT2D eigenvalue weighted by Gasteiger charge is -2.10. The number of nitrogens with two attached hydrogens (primary N) is 1. The van der Waals surface area contributed by atoms with E-state index in [0.717, 1.165) is 12.8 Å². The summed E-state index contributed by atoms with van der Waals surface area (Å²) in [5.74, 6) is 0.0146. The molecule has 1 unspecified atom stereocenters. The first-order chi connectivity index (χ1) is 7.70. The SMILES string of the molecule is CCCOCCC(=O)NCCC(N)COC. The minimum atomic E-state index is -0.0124. The number of nitrogens with one attached hydrogen (secondary N) is 1. The Bertz CT molecular complexity index is 177. The summed E-state index contributed by atoms with van der Waals surface area (Å²) in [5, 5.41) is 2.79. The number of carbonyl (C=O) groups excluding carboxylic acids is 1. The molecule has 0 heterocycles. The molecule has 0 aliphatic carbocycles. The molecule has 0 aliphatic heterocycles. The highest BCUT2D eigenvalue weighted by Gasteiger charge is 2.04. The maximum atomic E-state index is 11.3. The van der Waals surface area contributed by atoms with E-state index in [1.165, 1.54) is 0 Å². The van der Waals surface area contributed by atoms with E-state index in [2.05, 4.69) is 5.32 Å². The molecule has 0 radical (unpaired) electrons.